The van der Waals surface area contributed by atoms with Crippen LogP contribution in [0.1, 0.15) is 5.56 Å². The molecule has 1 amide bonds. The quantitative estimate of drug-likeness (QED) is 0.366. The van der Waals surface area contributed by atoms with Crippen LogP contribution in [0.5, 0.6) is 0 Å². The van der Waals surface area contributed by atoms with E-state index in [1.165, 1.54) is 6.07 Å². The first-order valence-corrected chi connectivity index (χ1v) is 4.31. The summed E-state index contributed by atoms with van der Waals surface area (Å²) in [5, 5.41) is 19.2. The fourth-order valence-electron chi connectivity index (χ4n) is 1.12. The number of carbonyl (C=O) groups excluding carboxylic acids is 1. The van der Waals surface area contributed by atoms with E-state index in [2.05, 4.69) is 0 Å². The first-order chi connectivity index (χ1) is 7.95. The van der Waals surface area contributed by atoms with Crippen molar-refractivity contribution in [3.8, 4) is 6.07 Å². The van der Waals surface area contributed by atoms with Gasteiger partial charge in [0.05, 0.1) is 10.5 Å². The van der Waals surface area contributed by atoms with Crippen molar-refractivity contribution in [2.24, 2.45) is 5.73 Å². The fraction of sp³-hybridized carbons (Fsp3) is 0. The molecule has 0 aliphatic rings. The van der Waals surface area contributed by atoms with Crippen LogP contribution in [0.4, 0.5) is 10.1 Å². The number of nitriles is 1. The lowest BCUT2D eigenvalue weighted by molar-refractivity contribution is -0.385. The number of rotatable bonds is 3. The second kappa shape index (κ2) is 4.85. The van der Waals surface area contributed by atoms with Crippen molar-refractivity contribution < 1.29 is 14.1 Å². The zero-order chi connectivity index (χ0) is 13.0. The minimum absolute atomic E-state index is 0.189. The SMILES string of the molecule is N#C/C(=C/c1cc(F)ccc1[N+](=O)[O-])C(N)=O. The molecule has 0 aliphatic carbocycles. The highest BCUT2D eigenvalue weighted by Gasteiger charge is 2.14. The summed E-state index contributed by atoms with van der Waals surface area (Å²) in [5.74, 6) is -1.75. The molecule has 0 saturated heterocycles. The molecule has 6 nitrogen and oxygen atoms in total. The van der Waals surface area contributed by atoms with Crippen molar-refractivity contribution in [1.29, 1.82) is 5.26 Å². The van der Waals surface area contributed by atoms with Crippen molar-refractivity contribution in [3.05, 3.63) is 45.3 Å². The third-order valence-corrected chi connectivity index (χ3v) is 1.87. The first-order valence-electron chi connectivity index (χ1n) is 4.31. The number of hydrogen-bond donors (Lipinski definition) is 1. The minimum atomic E-state index is -1.04. The summed E-state index contributed by atoms with van der Waals surface area (Å²) in [6, 6.07) is 4.17. The molecule has 0 bridgehead atoms. The summed E-state index contributed by atoms with van der Waals surface area (Å²) >= 11 is 0. The Labute approximate surface area is 94.9 Å². The second-order valence-electron chi connectivity index (χ2n) is 2.99. The van der Waals surface area contributed by atoms with Crippen molar-refractivity contribution in [1.82, 2.24) is 0 Å². The van der Waals surface area contributed by atoms with Gasteiger partial charge in [-0.05, 0) is 18.2 Å². The average Bonchev–Trinajstić information content (AvgIpc) is 2.25. The number of nitrogens with zero attached hydrogens (tertiary/aromatic N) is 2. The Kier molecular flexibility index (Phi) is 3.51. The topological polar surface area (TPSA) is 110 Å². The Hall–Kier alpha value is -2.75. The molecule has 17 heavy (non-hydrogen) atoms. The standard InChI is InChI=1S/C10H6FN3O3/c11-8-1-2-9(14(16)17)6(4-8)3-7(5-12)10(13)15/h1-4H,(H2,13,15)/b7-3-. The molecule has 0 atom stereocenters. The summed E-state index contributed by atoms with van der Waals surface area (Å²) in [6.07, 6.45) is 0.879. The molecular weight excluding hydrogens is 229 g/mol. The largest absolute Gasteiger partial charge is 0.365 e. The van der Waals surface area contributed by atoms with Gasteiger partial charge < -0.3 is 5.73 Å². The molecule has 0 unspecified atom stereocenters. The third kappa shape index (κ3) is 2.85. The van der Waals surface area contributed by atoms with E-state index in [9.17, 15) is 19.3 Å². The number of nitrogens with two attached hydrogens (primary N) is 1. The van der Waals surface area contributed by atoms with Gasteiger partial charge in [-0.1, -0.05) is 0 Å². The Morgan fingerprint density at radius 1 is 1.59 bits per heavy atom. The number of amides is 1. The summed E-state index contributed by atoms with van der Waals surface area (Å²) in [5.41, 5.74) is 3.77. The van der Waals surface area contributed by atoms with Crippen LogP contribution >= 0.6 is 0 Å². The number of primary amides is 1. The lowest BCUT2D eigenvalue weighted by atomic mass is 10.1. The smallest absolute Gasteiger partial charge is 0.276 e. The van der Waals surface area contributed by atoms with Crippen molar-refractivity contribution in [3.63, 3.8) is 0 Å². The van der Waals surface area contributed by atoms with Crippen molar-refractivity contribution in [2.45, 2.75) is 0 Å². The third-order valence-electron chi connectivity index (χ3n) is 1.87. The lowest BCUT2D eigenvalue weighted by Gasteiger charge is -1.98. The van der Waals surface area contributed by atoms with E-state index in [4.69, 9.17) is 11.0 Å². The molecule has 0 radical (unpaired) electrons. The maximum Gasteiger partial charge on any atom is 0.276 e. The van der Waals surface area contributed by atoms with Crippen LogP contribution in [-0.2, 0) is 4.79 Å². The Morgan fingerprint density at radius 3 is 2.71 bits per heavy atom. The van der Waals surface area contributed by atoms with Gasteiger partial charge >= 0.3 is 0 Å². The van der Waals surface area contributed by atoms with Crippen LogP contribution in [0, 0.1) is 27.3 Å². The van der Waals surface area contributed by atoms with E-state index in [0.29, 0.717) is 0 Å². The lowest BCUT2D eigenvalue weighted by Crippen LogP contribution is -2.12. The predicted molar refractivity (Wildman–Crippen MR) is 55.8 cm³/mol. The fourth-order valence-corrected chi connectivity index (χ4v) is 1.12. The van der Waals surface area contributed by atoms with E-state index in [-0.39, 0.29) is 5.56 Å². The zero-order valence-corrected chi connectivity index (χ0v) is 8.38. The maximum atomic E-state index is 12.9. The molecule has 0 heterocycles. The summed E-state index contributed by atoms with van der Waals surface area (Å²) in [7, 11) is 0. The van der Waals surface area contributed by atoms with Gasteiger partial charge in [0.2, 0.25) is 0 Å². The number of nitro benzene ring substituents is 1. The molecule has 0 aromatic heterocycles. The summed E-state index contributed by atoms with van der Waals surface area (Å²) in [6.45, 7) is 0. The molecule has 0 spiro atoms. The van der Waals surface area contributed by atoms with E-state index < -0.39 is 27.9 Å². The van der Waals surface area contributed by atoms with Gasteiger partial charge in [-0.25, -0.2) is 4.39 Å². The average molecular weight is 235 g/mol. The van der Waals surface area contributed by atoms with Gasteiger partial charge in [-0.3, -0.25) is 14.9 Å². The molecule has 0 fully saturated rings. The van der Waals surface area contributed by atoms with E-state index in [1.54, 1.807) is 0 Å². The zero-order valence-electron chi connectivity index (χ0n) is 8.38. The van der Waals surface area contributed by atoms with Crippen LogP contribution in [0.2, 0.25) is 0 Å². The van der Waals surface area contributed by atoms with Crippen LogP contribution in [-0.4, -0.2) is 10.8 Å². The molecule has 1 aromatic carbocycles. The molecule has 7 heteroatoms. The minimum Gasteiger partial charge on any atom is -0.365 e. The van der Waals surface area contributed by atoms with Crippen molar-refractivity contribution in [2.75, 3.05) is 0 Å². The second-order valence-corrected chi connectivity index (χ2v) is 2.99. The number of carbonyl (C=O) groups is 1. The molecule has 0 saturated carbocycles. The molecule has 1 rings (SSSR count). The summed E-state index contributed by atoms with van der Waals surface area (Å²) in [4.78, 5) is 20.6. The first kappa shape index (κ1) is 12.3. The van der Waals surface area contributed by atoms with Gasteiger partial charge in [0, 0.05) is 6.07 Å². The summed E-state index contributed by atoms with van der Waals surface area (Å²) < 4.78 is 12.9. The van der Waals surface area contributed by atoms with Crippen LogP contribution in [0.3, 0.4) is 0 Å². The van der Waals surface area contributed by atoms with Crippen LogP contribution < -0.4 is 5.73 Å². The van der Waals surface area contributed by atoms with Gasteiger partial charge in [0.25, 0.3) is 11.6 Å². The van der Waals surface area contributed by atoms with Gasteiger partial charge in [0.15, 0.2) is 0 Å². The normalized spacial score (nSPS) is 10.7. The molecule has 2 N–H and O–H groups in total. The number of halogens is 1. The highest BCUT2D eigenvalue weighted by Crippen LogP contribution is 2.22. The Bertz CT molecular complexity index is 560. The predicted octanol–water partition coefficient (Wildman–Crippen LogP) is 1.13. The Balaban J connectivity index is 3.40. The van der Waals surface area contributed by atoms with Gasteiger partial charge in [-0.15, -0.1) is 0 Å². The molecule has 1 aromatic rings. The highest BCUT2D eigenvalue weighted by molar-refractivity contribution is 6.01. The molecule has 86 valence electrons. The maximum absolute atomic E-state index is 12.9. The number of hydrogen-bond acceptors (Lipinski definition) is 4. The Morgan fingerprint density at radius 2 is 2.24 bits per heavy atom. The van der Waals surface area contributed by atoms with Crippen LogP contribution in [0.15, 0.2) is 23.8 Å². The molecular formula is C10H6FN3O3. The van der Waals surface area contributed by atoms with E-state index >= 15 is 0 Å². The van der Waals surface area contributed by atoms with Crippen LogP contribution in [0.25, 0.3) is 6.08 Å². The van der Waals surface area contributed by atoms with E-state index in [1.807, 2.05) is 0 Å². The number of benzene rings is 1. The van der Waals surface area contributed by atoms with Gasteiger partial charge in [-0.2, -0.15) is 5.26 Å². The number of nitro groups is 1. The molecule has 0 aliphatic heterocycles. The van der Waals surface area contributed by atoms with Crippen molar-refractivity contribution >= 4 is 17.7 Å². The van der Waals surface area contributed by atoms with E-state index in [0.717, 1.165) is 24.3 Å². The van der Waals surface area contributed by atoms with Gasteiger partial charge in [0.1, 0.15) is 17.5 Å². The highest BCUT2D eigenvalue weighted by atomic mass is 19.1. The monoisotopic (exact) mass is 235 g/mol.